The third-order valence-corrected chi connectivity index (χ3v) is 7.55. The van der Waals surface area contributed by atoms with Gasteiger partial charge in [0, 0.05) is 9.90 Å². The van der Waals surface area contributed by atoms with Crippen LogP contribution >= 0.6 is 22.9 Å². The number of rotatable bonds is 6. The number of nitrogens with zero attached hydrogens (tertiary/aromatic N) is 3. The second-order valence-corrected chi connectivity index (χ2v) is 9.68. The molecule has 2 aliphatic rings. The van der Waals surface area contributed by atoms with Gasteiger partial charge in [0.1, 0.15) is 23.0 Å². The van der Waals surface area contributed by atoms with Crippen molar-refractivity contribution < 1.29 is 4.74 Å². The Balaban J connectivity index is 1.47. The number of aromatic nitrogens is 2. The third-order valence-electron chi connectivity index (χ3n) is 6.11. The zero-order valence-electron chi connectivity index (χ0n) is 17.0. The molecule has 0 saturated carbocycles. The van der Waals surface area contributed by atoms with Gasteiger partial charge in [0.25, 0.3) is 5.56 Å². The quantitative estimate of drug-likeness (QED) is 0.555. The van der Waals surface area contributed by atoms with Crippen LogP contribution in [0, 0.1) is 0 Å². The van der Waals surface area contributed by atoms with Crippen LogP contribution in [-0.4, -0.2) is 34.1 Å². The second kappa shape index (κ2) is 8.69. The minimum Gasteiger partial charge on any atom is -0.492 e. The van der Waals surface area contributed by atoms with Crippen LogP contribution in [0.2, 0.25) is 5.02 Å². The molecule has 0 radical (unpaired) electrons. The van der Waals surface area contributed by atoms with E-state index < -0.39 is 0 Å². The van der Waals surface area contributed by atoms with Crippen LogP contribution < -0.4 is 10.3 Å². The summed E-state index contributed by atoms with van der Waals surface area (Å²) in [5.41, 5.74) is 1.35. The highest BCUT2D eigenvalue weighted by molar-refractivity contribution is 7.18. The molecule has 0 spiro atoms. The number of likely N-dealkylation sites (tertiary alicyclic amines) is 1. The van der Waals surface area contributed by atoms with Crippen molar-refractivity contribution >= 4 is 33.2 Å². The molecule has 0 unspecified atom stereocenters. The third kappa shape index (κ3) is 4.01. The number of benzene rings is 1. The first-order valence-electron chi connectivity index (χ1n) is 10.8. The SMILES string of the molecule is O=c1c2c3c(sc2nc(CN2CCCC2)n1CCOc1ccc(Cl)cc1)CCCC3. The van der Waals surface area contributed by atoms with E-state index in [9.17, 15) is 4.79 Å². The lowest BCUT2D eigenvalue weighted by Crippen LogP contribution is -2.31. The number of hydrogen-bond acceptors (Lipinski definition) is 5. The van der Waals surface area contributed by atoms with E-state index in [-0.39, 0.29) is 5.56 Å². The summed E-state index contributed by atoms with van der Waals surface area (Å²) < 4.78 is 7.75. The number of hydrogen-bond donors (Lipinski definition) is 0. The van der Waals surface area contributed by atoms with Gasteiger partial charge in [-0.1, -0.05) is 11.6 Å². The van der Waals surface area contributed by atoms with Crippen molar-refractivity contribution in [3.05, 3.63) is 55.9 Å². The Morgan fingerprint density at radius 1 is 1.07 bits per heavy atom. The zero-order chi connectivity index (χ0) is 20.5. The lowest BCUT2D eigenvalue weighted by atomic mass is 9.97. The molecule has 0 amide bonds. The summed E-state index contributed by atoms with van der Waals surface area (Å²) in [6, 6.07) is 7.33. The zero-order valence-corrected chi connectivity index (χ0v) is 18.6. The van der Waals surface area contributed by atoms with Gasteiger partial charge in [0.05, 0.1) is 18.5 Å². The molecular formula is C23H26ClN3O2S. The molecule has 0 atom stereocenters. The molecule has 0 bridgehead atoms. The van der Waals surface area contributed by atoms with Gasteiger partial charge in [0.2, 0.25) is 0 Å². The lowest BCUT2D eigenvalue weighted by Gasteiger charge is -2.19. The molecule has 7 heteroatoms. The molecule has 0 N–H and O–H groups in total. The number of ether oxygens (including phenoxy) is 1. The topological polar surface area (TPSA) is 47.4 Å². The fourth-order valence-electron chi connectivity index (χ4n) is 4.56. The highest BCUT2D eigenvalue weighted by Crippen LogP contribution is 2.34. The Kier molecular flexibility index (Phi) is 5.81. The maximum Gasteiger partial charge on any atom is 0.262 e. The normalized spacial score (nSPS) is 16.8. The Labute approximate surface area is 185 Å². The number of aryl methyl sites for hydroxylation is 2. The Morgan fingerprint density at radius 2 is 1.83 bits per heavy atom. The fraction of sp³-hybridized carbons (Fsp3) is 0.478. The summed E-state index contributed by atoms with van der Waals surface area (Å²) in [5, 5.41) is 1.54. The smallest absolute Gasteiger partial charge is 0.262 e. The minimum atomic E-state index is 0.105. The first-order valence-corrected chi connectivity index (χ1v) is 12.0. The molecule has 2 aromatic heterocycles. The van der Waals surface area contributed by atoms with Crippen molar-refractivity contribution in [2.75, 3.05) is 19.7 Å². The van der Waals surface area contributed by atoms with E-state index >= 15 is 0 Å². The van der Waals surface area contributed by atoms with Crippen molar-refractivity contribution in [1.82, 2.24) is 14.5 Å². The van der Waals surface area contributed by atoms with Crippen molar-refractivity contribution in [3.63, 3.8) is 0 Å². The Bertz CT molecular complexity index is 1100. The number of fused-ring (bicyclic) bond motifs is 3. The predicted octanol–water partition coefficient (Wildman–Crippen LogP) is 4.67. The van der Waals surface area contributed by atoms with Crippen molar-refractivity contribution in [2.45, 2.75) is 51.6 Å². The van der Waals surface area contributed by atoms with Gasteiger partial charge < -0.3 is 4.74 Å². The minimum absolute atomic E-state index is 0.105. The van der Waals surface area contributed by atoms with Gasteiger partial charge in [-0.25, -0.2) is 4.98 Å². The van der Waals surface area contributed by atoms with Crippen molar-refractivity contribution in [2.24, 2.45) is 0 Å². The van der Waals surface area contributed by atoms with E-state index in [0.717, 1.165) is 60.7 Å². The van der Waals surface area contributed by atoms with E-state index in [2.05, 4.69) is 4.90 Å². The molecule has 5 nitrogen and oxygen atoms in total. The second-order valence-electron chi connectivity index (χ2n) is 8.16. The maximum absolute atomic E-state index is 13.6. The summed E-state index contributed by atoms with van der Waals surface area (Å²) >= 11 is 7.68. The molecule has 3 heterocycles. The van der Waals surface area contributed by atoms with Crippen LogP contribution in [0.3, 0.4) is 0 Å². The molecule has 3 aromatic rings. The largest absolute Gasteiger partial charge is 0.492 e. The molecule has 1 aromatic carbocycles. The maximum atomic E-state index is 13.6. The highest BCUT2D eigenvalue weighted by atomic mass is 35.5. The summed E-state index contributed by atoms with van der Waals surface area (Å²) in [6.07, 6.45) is 6.89. The summed E-state index contributed by atoms with van der Waals surface area (Å²) in [6.45, 7) is 3.81. The average Bonchev–Trinajstić information content (AvgIpc) is 3.39. The van der Waals surface area contributed by atoms with Crippen LogP contribution in [0.5, 0.6) is 5.75 Å². The highest BCUT2D eigenvalue weighted by Gasteiger charge is 2.23. The first kappa shape index (κ1) is 20.0. The Hall–Kier alpha value is -1.89. The Morgan fingerprint density at radius 3 is 2.63 bits per heavy atom. The van der Waals surface area contributed by atoms with Gasteiger partial charge in [-0.05, 0) is 81.4 Å². The predicted molar refractivity (Wildman–Crippen MR) is 122 cm³/mol. The molecular weight excluding hydrogens is 418 g/mol. The van der Waals surface area contributed by atoms with Crippen LogP contribution in [0.15, 0.2) is 29.1 Å². The van der Waals surface area contributed by atoms with E-state index in [4.69, 9.17) is 21.3 Å². The molecule has 1 fully saturated rings. The van der Waals surface area contributed by atoms with E-state index in [0.29, 0.717) is 18.2 Å². The van der Waals surface area contributed by atoms with Gasteiger partial charge >= 0.3 is 0 Å². The number of halogens is 1. The first-order chi connectivity index (χ1) is 14.7. The van der Waals surface area contributed by atoms with Crippen LogP contribution in [0.25, 0.3) is 10.2 Å². The molecule has 5 rings (SSSR count). The summed E-state index contributed by atoms with van der Waals surface area (Å²) in [5.74, 6) is 1.63. The van der Waals surface area contributed by atoms with Crippen LogP contribution in [-0.2, 0) is 25.9 Å². The standard InChI is InChI=1S/C23H26ClN3O2S/c24-16-7-9-17(10-8-16)29-14-13-27-20(15-26-11-3-4-12-26)25-22-21(23(27)28)18-5-1-2-6-19(18)30-22/h7-10H,1-6,11-15H2. The van der Waals surface area contributed by atoms with Crippen molar-refractivity contribution in [1.29, 1.82) is 0 Å². The molecule has 1 saturated heterocycles. The monoisotopic (exact) mass is 443 g/mol. The van der Waals surface area contributed by atoms with E-state index in [1.54, 1.807) is 11.3 Å². The van der Waals surface area contributed by atoms with Gasteiger partial charge in [0.15, 0.2) is 0 Å². The van der Waals surface area contributed by atoms with Gasteiger partial charge in [-0.3, -0.25) is 14.3 Å². The molecule has 1 aliphatic heterocycles. The van der Waals surface area contributed by atoms with Crippen LogP contribution in [0.1, 0.15) is 41.9 Å². The lowest BCUT2D eigenvalue weighted by molar-refractivity contribution is 0.279. The van der Waals surface area contributed by atoms with E-state index in [1.165, 1.54) is 29.7 Å². The number of thiophene rings is 1. The molecule has 1 aliphatic carbocycles. The molecule has 158 valence electrons. The summed E-state index contributed by atoms with van der Waals surface area (Å²) in [7, 11) is 0. The fourth-order valence-corrected chi connectivity index (χ4v) is 5.95. The summed E-state index contributed by atoms with van der Waals surface area (Å²) in [4.78, 5) is 23.3. The van der Waals surface area contributed by atoms with E-state index in [1.807, 2.05) is 28.8 Å². The van der Waals surface area contributed by atoms with Gasteiger partial charge in [-0.2, -0.15) is 0 Å². The van der Waals surface area contributed by atoms with Crippen LogP contribution in [0.4, 0.5) is 0 Å². The molecule has 30 heavy (non-hydrogen) atoms. The van der Waals surface area contributed by atoms with Gasteiger partial charge in [-0.15, -0.1) is 11.3 Å². The van der Waals surface area contributed by atoms with Crippen molar-refractivity contribution in [3.8, 4) is 5.75 Å². The average molecular weight is 444 g/mol.